The van der Waals surface area contributed by atoms with E-state index in [1.165, 1.54) is 6.08 Å². The average molecular weight is 255 g/mol. The van der Waals surface area contributed by atoms with Crippen molar-refractivity contribution in [3.05, 3.63) is 46.3 Å². The summed E-state index contributed by atoms with van der Waals surface area (Å²) in [5, 5.41) is 19.4. The van der Waals surface area contributed by atoms with Gasteiger partial charge in [-0.25, -0.2) is 9.18 Å². The molecule has 0 atom stereocenters. The number of carbonyl (C=O) groups is 1. The van der Waals surface area contributed by atoms with Crippen LogP contribution in [0, 0.1) is 15.9 Å². The summed E-state index contributed by atoms with van der Waals surface area (Å²) >= 11 is 0. The number of carboxylic acid groups (broad SMARTS) is 1. The number of ether oxygens (including phenoxy) is 1. The molecule has 6 nitrogen and oxygen atoms in total. The Kier molecular flexibility index (Phi) is 4.36. The number of benzene rings is 1. The Hall–Kier alpha value is -2.44. The van der Waals surface area contributed by atoms with E-state index in [-0.39, 0.29) is 12.4 Å². The molecule has 0 aromatic heterocycles. The van der Waals surface area contributed by atoms with Gasteiger partial charge in [-0.2, -0.15) is 0 Å². The Labute approximate surface area is 101 Å². The monoisotopic (exact) mass is 255 g/mol. The molecule has 0 saturated heterocycles. The van der Waals surface area contributed by atoms with Crippen LogP contribution in [0.5, 0.6) is 5.75 Å². The minimum atomic E-state index is -1.52. The molecular formula is C11H10FNO5. The van der Waals surface area contributed by atoms with E-state index < -0.39 is 28.0 Å². The van der Waals surface area contributed by atoms with Gasteiger partial charge in [0, 0.05) is 6.07 Å². The molecular weight excluding hydrogens is 245 g/mol. The predicted octanol–water partition coefficient (Wildman–Crippen LogP) is 2.39. The van der Waals surface area contributed by atoms with Gasteiger partial charge in [0.15, 0.2) is 5.75 Å². The minimum Gasteiger partial charge on any atom is -0.486 e. The van der Waals surface area contributed by atoms with Crippen LogP contribution in [0.25, 0.3) is 0 Å². The smallest absolute Gasteiger partial charge is 0.338 e. The first-order valence-corrected chi connectivity index (χ1v) is 4.92. The van der Waals surface area contributed by atoms with Crippen LogP contribution in [0.2, 0.25) is 0 Å². The lowest BCUT2D eigenvalue weighted by atomic mass is 10.1. The number of halogens is 1. The molecule has 0 spiro atoms. The SMILES string of the molecule is C=CCCOc1cc(C(=O)O)c(F)cc1[N+](=O)[O-]. The van der Waals surface area contributed by atoms with E-state index in [1.54, 1.807) is 0 Å². The largest absolute Gasteiger partial charge is 0.486 e. The Morgan fingerprint density at radius 3 is 2.78 bits per heavy atom. The molecule has 0 aliphatic heterocycles. The second kappa shape index (κ2) is 5.76. The van der Waals surface area contributed by atoms with Gasteiger partial charge in [0.1, 0.15) is 5.82 Å². The third-order valence-electron chi connectivity index (χ3n) is 2.06. The van der Waals surface area contributed by atoms with Crippen molar-refractivity contribution in [2.24, 2.45) is 0 Å². The Bertz CT molecular complexity index is 500. The highest BCUT2D eigenvalue weighted by atomic mass is 19.1. The lowest BCUT2D eigenvalue weighted by Crippen LogP contribution is -2.05. The fourth-order valence-corrected chi connectivity index (χ4v) is 1.22. The van der Waals surface area contributed by atoms with Crippen LogP contribution in [0.1, 0.15) is 16.8 Å². The highest BCUT2D eigenvalue weighted by Gasteiger charge is 2.22. The van der Waals surface area contributed by atoms with E-state index in [2.05, 4.69) is 6.58 Å². The van der Waals surface area contributed by atoms with Gasteiger partial charge in [0.05, 0.1) is 23.2 Å². The number of hydrogen-bond donors (Lipinski definition) is 1. The lowest BCUT2D eigenvalue weighted by Gasteiger charge is -2.07. The highest BCUT2D eigenvalue weighted by molar-refractivity contribution is 5.89. The number of nitrogens with zero attached hydrogens (tertiary/aromatic N) is 1. The second-order valence-electron chi connectivity index (χ2n) is 3.29. The molecule has 0 bridgehead atoms. The van der Waals surface area contributed by atoms with Crippen molar-refractivity contribution in [2.75, 3.05) is 6.61 Å². The molecule has 18 heavy (non-hydrogen) atoms. The number of nitro groups is 1. The molecule has 0 aliphatic rings. The van der Waals surface area contributed by atoms with Crippen molar-refractivity contribution in [3.8, 4) is 5.75 Å². The van der Waals surface area contributed by atoms with Crippen LogP contribution < -0.4 is 4.74 Å². The third kappa shape index (κ3) is 3.03. The molecule has 0 aliphatic carbocycles. The third-order valence-corrected chi connectivity index (χ3v) is 2.06. The maximum atomic E-state index is 13.3. The summed E-state index contributed by atoms with van der Waals surface area (Å²) in [6.07, 6.45) is 1.96. The Morgan fingerprint density at radius 1 is 1.61 bits per heavy atom. The van der Waals surface area contributed by atoms with Crippen molar-refractivity contribution in [1.29, 1.82) is 0 Å². The Morgan fingerprint density at radius 2 is 2.28 bits per heavy atom. The fourth-order valence-electron chi connectivity index (χ4n) is 1.22. The summed E-state index contributed by atoms with van der Waals surface area (Å²) < 4.78 is 18.3. The van der Waals surface area contributed by atoms with Crippen molar-refractivity contribution in [3.63, 3.8) is 0 Å². The van der Waals surface area contributed by atoms with Crippen molar-refractivity contribution < 1.29 is 24.0 Å². The van der Waals surface area contributed by atoms with Gasteiger partial charge in [0.2, 0.25) is 0 Å². The van der Waals surface area contributed by atoms with Gasteiger partial charge in [-0.05, 0) is 6.42 Å². The molecule has 96 valence electrons. The molecule has 1 rings (SSSR count). The van der Waals surface area contributed by atoms with Crippen molar-refractivity contribution in [1.82, 2.24) is 0 Å². The summed E-state index contributed by atoms with van der Waals surface area (Å²) in [5.41, 5.74) is -1.28. The zero-order chi connectivity index (χ0) is 13.7. The van der Waals surface area contributed by atoms with Gasteiger partial charge in [0.25, 0.3) is 0 Å². The Balaban J connectivity index is 3.17. The molecule has 0 amide bonds. The van der Waals surface area contributed by atoms with E-state index in [1.807, 2.05) is 0 Å². The van der Waals surface area contributed by atoms with Crippen LogP contribution in [0.15, 0.2) is 24.8 Å². The number of hydrogen-bond acceptors (Lipinski definition) is 4. The second-order valence-corrected chi connectivity index (χ2v) is 3.29. The highest BCUT2D eigenvalue weighted by Crippen LogP contribution is 2.30. The zero-order valence-electron chi connectivity index (χ0n) is 9.26. The van der Waals surface area contributed by atoms with Crippen molar-refractivity contribution >= 4 is 11.7 Å². The molecule has 0 fully saturated rings. The summed E-state index contributed by atoms with van der Waals surface area (Å²) in [6.45, 7) is 3.53. The molecule has 0 radical (unpaired) electrons. The maximum absolute atomic E-state index is 13.3. The van der Waals surface area contributed by atoms with Crippen LogP contribution in [0.3, 0.4) is 0 Å². The summed E-state index contributed by atoms with van der Waals surface area (Å²) in [4.78, 5) is 20.5. The van der Waals surface area contributed by atoms with Gasteiger partial charge in [-0.1, -0.05) is 6.08 Å². The van der Waals surface area contributed by atoms with E-state index in [0.29, 0.717) is 12.5 Å². The average Bonchev–Trinajstić information content (AvgIpc) is 2.30. The quantitative estimate of drug-likeness (QED) is 0.365. The van der Waals surface area contributed by atoms with E-state index in [9.17, 15) is 19.3 Å². The van der Waals surface area contributed by atoms with Gasteiger partial charge >= 0.3 is 11.7 Å². The fraction of sp³-hybridized carbons (Fsp3) is 0.182. The lowest BCUT2D eigenvalue weighted by molar-refractivity contribution is -0.386. The number of aromatic carboxylic acids is 1. The van der Waals surface area contributed by atoms with Crippen LogP contribution in [0.4, 0.5) is 10.1 Å². The molecule has 0 heterocycles. The standard InChI is InChI=1S/C11H10FNO5/c1-2-3-4-18-10-5-7(11(14)15)8(12)6-9(10)13(16)17/h2,5-6H,1,3-4H2,(H,14,15). The van der Waals surface area contributed by atoms with E-state index in [4.69, 9.17) is 9.84 Å². The van der Waals surface area contributed by atoms with Crippen LogP contribution in [-0.2, 0) is 0 Å². The van der Waals surface area contributed by atoms with Gasteiger partial charge < -0.3 is 9.84 Å². The summed E-state index contributed by atoms with van der Waals surface area (Å²) in [7, 11) is 0. The predicted molar refractivity (Wildman–Crippen MR) is 60.3 cm³/mol. The minimum absolute atomic E-state index is 0.0923. The maximum Gasteiger partial charge on any atom is 0.338 e. The molecule has 7 heteroatoms. The molecule has 1 aromatic rings. The summed E-state index contributed by atoms with van der Waals surface area (Å²) in [5.74, 6) is -2.97. The van der Waals surface area contributed by atoms with E-state index >= 15 is 0 Å². The first-order chi connectivity index (χ1) is 8.47. The molecule has 0 unspecified atom stereocenters. The number of nitro benzene ring substituents is 1. The van der Waals surface area contributed by atoms with Crippen LogP contribution >= 0.6 is 0 Å². The first kappa shape index (κ1) is 13.6. The molecule has 1 aromatic carbocycles. The number of carboxylic acids is 1. The molecule has 0 saturated carbocycles. The zero-order valence-corrected chi connectivity index (χ0v) is 9.26. The van der Waals surface area contributed by atoms with Crippen LogP contribution in [-0.4, -0.2) is 22.6 Å². The van der Waals surface area contributed by atoms with Crippen molar-refractivity contribution in [2.45, 2.75) is 6.42 Å². The number of rotatable bonds is 6. The van der Waals surface area contributed by atoms with E-state index in [0.717, 1.165) is 6.07 Å². The molecule has 1 N–H and O–H groups in total. The first-order valence-electron chi connectivity index (χ1n) is 4.92. The van der Waals surface area contributed by atoms with Gasteiger partial charge in [-0.3, -0.25) is 10.1 Å². The van der Waals surface area contributed by atoms with Gasteiger partial charge in [-0.15, -0.1) is 6.58 Å². The normalized spacial score (nSPS) is 9.83. The summed E-state index contributed by atoms with van der Waals surface area (Å²) in [6, 6.07) is 1.34. The topological polar surface area (TPSA) is 89.7 Å².